The van der Waals surface area contributed by atoms with Gasteiger partial charge in [-0.25, -0.2) is 0 Å². The van der Waals surface area contributed by atoms with Gasteiger partial charge >= 0.3 is 0 Å². The lowest BCUT2D eigenvalue weighted by Crippen LogP contribution is -2.33. The maximum Gasteiger partial charge on any atom is 0.293 e. The Morgan fingerprint density at radius 2 is 1.72 bits per heavy atom. The smallest absolute Gasteiger partial charge is 0.292 e. The number of hydrogen-bond donors (Lipinski definition) is 0. The van der Waals surface area contributed by atoms with Crippen molar-refractivity contribution >= 4 is 45.5 Å². The number of nitrogens with zero attached hydrogens (tertiary/aromatic N) is 2. The number of carbonyl (C=O) groups is 3. The summed E-state index contributed by atoms with van der Waals surface area (Å²) in [6, 6.07) is 21.6. The van der Waals surface area contributed by atoms with Crippen molar-refractivity contribution < 1.29 is 14.4 Å². The zero-order chi connectivity index (χ0) is 20.4. The maximum atomic E-state index is 12.7. The lowest BCUT2D eigenvalue weighted by Gasteiger charge is -2.11. The fourth-order valence-corrected chi connectivity index (χ4v) is 3.95. The van der Waals surface area contributed by atoms with Crippen molar-refractivity contribution in [1.82, 2.24) is 4.90 Å². The number of Topliss-reactive ketones (excluding diaryl/α,β-unsaturated/α-hetero) is 1. The Morgan fingerprint density at radius 1 is 1.00 bits per heavy atom. The predicted molar refractivity (Wildman–Crippen MR) is 112 cm³/mol. The lowest BCUT2D eigenvalue weighted by molar-refractivity contribution is -0.122. The predicted octanol–water partition coefficient (Wildman–Crippen LogP) is 4.63. The summed E-state index contributed by atoms with van der Waals surface area (Å²) < 4.78 is 0. The third-order valence-electron chi connectivity index (χ3n) is 4.62. The normalized spacial score (nSPS) is 15.1. The molecule has 1 fully saturated rings. The van der Waals surface area contributed by atoms with E-state index in [0.717, 1.165) is 33.0 Å². The highest BCUT2D eigenvalue weighted by Crippen LogP contribution is 2.33. The van der Waals surface area contributed by atoms with Crippen molar-refractivity contribution in [2.45, 2.75) is 0 Å². The molecule has 0 unspecified atom stereocenters. The highest BCUT2D eigenvalue weighted by Gasteiger charge is 2.36. The number of benzene rings is 3. The summed E-state index contributed by atoms with van der Waals surface area (Å²) in [5.41, 5.74) is 1.62. The van der Waals surface area contributed by atoms with Crippen LogP contribution in [0.2, 0.25) is 0 Å². The molecule has 29 heavy (non-hydrogen) atoms. The Labute approximate surface area is 171 Å². The lowest BCUT2D eigenvalue weighted by atomic mass is 10.0. The zero-order valence-corrected chi connectivity index (χ0v) is 16.0. The van der Waals surface area contributed by atoms with Crippen molar-refractivity contribution in [3.05, 3.63) is 88.3 Å². The molecule has 1 heterocycles. The van der Waals surface area contributed by atoms with Crippen LogP contribution in [0.4, 0.5) is 4.79 Å². The van der Waals surface area contributed by atoms with E-state index in [1.807, 2.05) is 48.5 Å². The fraction of sp³-hybridized carbons (Fsp3) is 0.0435. The Balaban J connectivity index is 1.57. The molecule has 0 saturated carbocycles. The van der Waals surface area contributed by atoms with E-state index in [0.29, 0.717) is 16.0 Å². The molecule has 1 aliphatic heterocycles. The molecular formula is C23H14N2O3S. The molecule has 5 nitrogen and oxygen atoms in total. The molecule has 140 valence electrons. The Kier molecular flexibility index (Phi) is 4.98. The molecule has 0 N–H and O–H groups in total. The van der Waals surface area contributed by atoms with Crippen LogP contribution in [0.5, 0.6) is 0 Å². The number of nitriles is 1. The monoisotopic (exact) mass is 398 g/mol. The summed E-state index contributed by atoms with van der Waals surface area (Å²) in [4.78, 5) is 38.8. The van der Waals surface area contributed by atoms with Gasteiger partial charge in [0.1, 0.15) is 0 Å². The molecule has 6 heteroatoms. The standard InChI is InChI=1S/C23H14N2O3S/c24-13-15-8-10-17(11-9-15)20(26)14-25-22(27)21(29-23(25)28)12-18-6-3-5-16-4-1-2-7-19(16)18/h1-12H,14H2. The minimum atomic E-state index is -0.477. The Morgan fingerprint density at radius 3 is 2.48 bits per heavy atom. The largest absolute Gasteiger partial charge is 0.293 e. The molecule has 0 aliphatic carbocycles. The number of hydrogen-bond acceptors (Lipinski definition) is 5. The van der Waals surface area contributed by atoms with Crippen LogP contribution in [0.1, 0.15) is 21.5 Å². The van der Waals surface area contributed by atoms with Gasteiger partial charge in [0.15, 0.2) is 5.78 Å². The van der Waals surface area contributed by atoms with Gasteiger partial charge in [-0.05, 0) is 46.3 Å². The summed E-state index contributed by atoms with van der Waals surface area (Å²) >= 11 is 0.832. The van der Waals surface area contributed by atoms with Gasteiger partial charge < -0.3 is 0 Å². The number of fused-ring (bicyclic) bond motifs is 1. The second-order valence-electron chi connectivity index (χ2n) is 6.45. The molecule has 0 spiro atoms. The van der Waals surface area contributed by atoms with Gasteiger partial charge in [-0.2, -0.15) is 5.26 Å². The van der Waals surface area contributed by atoms with Crippen molar-refractivity contribution in [3.63, 3.8) is 0 Å². The third-order valence-corrected chi connectivity index (χ3v) is 5.53. The van der Waals surface area contributed by atoms with Gasteiger partial charge in [-0.1, -0.05) is 54.6 Å². The van der Waals surface area contributed by atoms with Crippen molar-refractivity contribution in [3.8, 4) is 6.07 Å². The maximum absolute atomic E-state index is 12.7. The van der Waals surface area contributed by atoms with Crippen LogP contribution >= 0.6 is 11.8 Å². The van der Waals surface area contributed by atoms with Crippen LogP contribution in [0.15, 0.2) is 71.6 Å². The van der Waals surface area contributed by atoms with Crippen molar-refractivity contribution in [1.29, 1.82) is 5.26 Å². The minimum Gasteiger partial charge on any atom is -0.292 e. The Hall–Kier alpha value is -3.69. The second-order valence-corrected chi connectivity index (χ2v) is 7.44. The van der Waals surface area contributed by atoms with E-state index < -0.39 is 11.1 Å². The number of imide groups is 1. The number of ketones is 1. The van der Waals surface area contributed by atoms with Gasteiger partial charge in [0.2, 0.25) is 0 Å². The number of carbonyl (C=O) groups excluding carboxylic acids is 3. The SMILES string of the molecule is N#Cc1ccc(C(=O)CN2C(=O)SC(=Cc3cccc4ccccc34)C2=O)cc1. The first-order chi connectivity index (χ1) is 14.1. The fourth-order valence-electron chi connectivity index (χ4n) is 3.12. The van der Waals surface area contributed by atoms with Gasteiger partial charge in [0, 0.05) is 5.56 Å². The van der Waals surface area contributed by atoms with E-state index in [1.54, 1.807) is 6.08 Å². The van der Waals surface area contributed by atoms with E-state index in [4.69, 9.17) is 5.26 Å². The molecule has 0 radical (unpaired) electrons. The minimum absolute atomic E-state index is 0.291. The molecule has 0 aromatic heterocycles. The summed E-state index contributed by atoms with van der Waals surface area (Å²) in [5, 5.41) is 10.4. The highest BCUT2D eigenvalue weighted by molar-refractivity contribution is 8.18. The van der Waals surface area contributed by atoms with Crippen LogP contribution in [-0.2, 0) is 4.79 Å². The van der Waals surface area contributed by atoms with E-state index in [2.05, 4.69) is 0 Å². The van der Waals surface area contributed by atoms with Crippen LogP contribution < -0.4 is 0 Å². The van der Waals surface area contributed by atoms with E-state index in [1.165, 1.54) is 24.3 Å². The summed E-state index contributed by atoms with van der Waals surface area (Å²) in [7, 11) is 0. The number of rotatable bonds is 4. The summed E-state index contributed by atoms with van der Waals surface area (Å²) in [5.74, 6) is -0.835. The van der Waals surface area contributed by atoms with Crippen LogP contribution in [0, 0.1) is 11.3 Å². The van der Waals surface area contributed by atoms with E-state index in [-0.39, 0.29) is 12.3 Å². The summed E-state index contributed by atoms with van der Waals surface area (Å²) in [6.45, 7) is -0.330. The topological polar surface area (TPSA) is 78.2 Å². The van der Waals surface area contributed by atoms with Crippen molar-refractivity contribution in [2.24, 2.45) is 0 Å². The average Bonchev–Trinajstić information content (AvgIpc) is 3.01. The molecule has 1 aliphatic rings. The summed E-state index contributed by atoms with van der Waals surface area (Å²) in [6.07, 6.45) is 1.69. The molecule has 4 rings (SSSR count). The Bertz CT molecular complexity index is 1220. The van der Waals surface area contributed by atoms with Gasteiger partial charge in [0.05, 0.1) is 23.1 Å². The number of thioether (sulfide) groups is 1. The molecule has 2 amide bonds. The van der Waals surface area contributed by atoms with Crippen LogP contribution in [-0.4, -0.2) is 28.4 Å². The van der Waals surface area contributed by atoms with Crippen LogP contribution in [0.25, 0.3) is 16.8 Å². The molecule has 3 aromatic carbocycles. The molecule has 3 aromatic rings. The molecule has 0 bridgehead atoms. The van der Waals surface area contributed by atoms with Crippen LogP contribution in [0.3, 0.4) is 0 Å². The second kappa shape index (κ2) is 7.74. The highest BCUT2D eigenvalue weighted by atomic mass is 32.2. The zero-order valence-electron chi connectivity index (χ0n) is 15.2. The van der Waals surface area contributed by atoms with E-state index in [9.17, 15) is 14.4 Å². The molecule has 1 saturated heterocycles. The quantitative estimate of drug-likeness (QED) is 0.473. The number of amides is 2. The first-order valence-electron chi connectivity index (χ1n) is 8.83. The van der Waals surface area contributed by atoms with E-state index >= 15 is 0 Å². The first-order valence-corrected chi connectivity index (χ1v) is 9.65. The first kappa shape index (κ1) is 18.7. The van der Waals surface area contributed by atoms with Crippen molar-refractivity contribution in [2.75, 3.05) is 6.54 Å². The van der Waals surface area contributed by atoms with Gasteiger partial charge in [-0.15, -0.1) is 0 Å². The average molecular weight is 398 g/mol. The van der Waals surface area contributed by atoms with Gasteiger partial charge in [-0.3, -0.25) is 19.3 Å². The van der Waals surface area contributed by atoms with Gasteiger partial charge in [0.25, 0.3) is 11.1 Å². The molecular weight excluding hydrogens is 384 g/mol. The third kappa shape index (κ3) is 3.68. The molecule has 0 atom stereocenters.